The number of carbonyl (C=O) groups is 2. The number of likely N-dealkylation sites (tertiary alicyclic amines) is 2. The molecule has 1 N–H and O–H groups in total. The first kappa shape index (κ1) is 19.6. The van der Waals surface area contributed by atoms with Crippen molar-refractivity contribution in [2.24, 2.45) is 5.92 Å². The van der Waals surface area contributed by atoms with E-state index in [4.69, 9.17) is 4.74 Å². The lowest BCUT2D eigenvalue weighted by Gasteiger charge is -2.43. The number of ether oxygens (including phenoxy) is 1. The SMILES string of the molecule is COCC(C)NC(=O)C1CCN(C(=O)C2(N3CCCC3)CCCC2)CC1. The third-order valence-corrected chi connectivity index (χ3v) is 6.50. The number of amides is 2. The number of nitrogens with one attached hydrogen (secondary N) is 1. The van der Waals surface area contributed by atoms with Gasteiger partial charge in [-0.1, -0.05) is 12.8 Å². The minimum absolute atomic E-state index is 0.0182. The summed E-state index contributed by atoms with van der Waals surface area (Å²) in [6.07, 6.45) is 8.34. The topological polar surface area (TPSA) is 61.9 Å². The largest absolute Gasteiger partial charge is 0.383 e. The fourth-order valence-corrected chi connectivity index (χ4v) is 5.06. The van der Waals surface area contributed by atoms with Gasteiger partial charge in [0.15, 0.2) is 0 Å². The van der Waals surface area contributed by atoms with Crippen molar-refractivity contribution in [3.63, 3.8) is 0 Å². The van der Waals surface area contributed by atoms with E-state index >= 15 is 0 Å². The van der Waals surface area contributed by atoms with E-state index < -0.39 is 0 Å². The van der Waals surface area contributed by atoms with Gasteiger partial charge in [0.05, 0.1) is 6.61 Å². The predicted molar refractivity (Wildman–Crippen MR) is 101 cm³/mol. The molecule has 0 aromatic carbocycles. The van der Waals surface area contributed by atoms with Gasteiger partial charge in [-0.15, -0.1) is 0 Å². The zero-order valence-electron chi connectivity index (χ0n) is 16.5. The molecule has 6 nitrogen and oxygen atoms in total. The van der Waals surface area contributed by atoms with E-state index in [0.29, 0.717) is 25.6 Å². The van der Waals surface area contributed by atoms with Gasteiger partial charge in [-0.3, -0.25) is 14.5 Å². The summed E-state index contributed by atoms with van der Waals surface area (Å²) in [6, 6.07) is 0.0316. The molecule has 1 atom stereocenters. The van der Waals surface area contributed by atoms with E-state index in [0.717, 1.165) is 38.8 Å². The third-order valence-electron chi connectivity index (χ3n) is 6.50. The predicted octanol–water partition coefficient (Wildman–Crippen LogP) is 1.78. The summed E-state index contributed by atoms with van der Waals surface area (Å²) in [5, 5.41) is 3.03. The van der Waals surface area contributed by atoms with Crippen LogP contribution in [0.3, 0.4) is 0 Å². The van der Waals surface area contributed by atoms with Gasteiger partial charge in [0.1, 0.15) is 5.54 Å². The molecule has 148 valence electrons. The highest BCUT2D eigenvalue weighted by Gasteiger charge is 2.49. The van der Waals surface area contributed by atoms with Crippen LogP contribution in [0.5, 0.6) is 0 Å². The second-order valence-corrected chi connectivity index (χ2v) is 8.36. The van der Waals surface area contributed by atoms with Crippen LogP contribution in [0.1, 0.15) is 58.3 Å². The number of methoxy groups -OCH3 is 1. The summed E-state index contributed by atoms with van der Waals surface area (Å²) >= 11 is 0. The zero-order chi connectivity index (χ0) is 18.6. The second-order valence-electron chi connectivity index (χ2n) is 8.36. The summed E-state index contributed by atoms with van der Waals surface area (Å²) < 4.78 is 5.08. The fraction of sp³-hybridized carbons (Fsp3) is 0.900. The highest BCUT2D eigenvalue weighted by Crippen LogP contribution is 2.39. The molecule has 2 saturated heterocycles. The number of hydrogen-bond acceptors (Lipinski definition) is 4. The lowest BCUT2D eigenvalue weighted by atomic mass is 9.90. The molecule has 0 aromatic rings. The Bertz CT molecular complexity index is 491. The number of nitrogens with zero attached hydrogens (tertiary/aromatic N) is 2. The van der Waals surface area contributed by atoms with E-state index in [1.54, 1.807) is 7.11 Å². The number of carbonyl (C=O) groups excluding carboxylic acids is 2. The normalized spacial score (nSPS) is 25.4. The molecule has 3 rings (SSSR count). The molecule has 2 aliphatic heterocycles. The summed E-state index contributed by atoms with van der Waals surface area (Å²) in [5.41, 5.74) is -0.238. The first-order chi connectivity index (χ1) is 12.6. The van der Waals surface area contributed by atoms with Gasteiger partial charge in [-0.05, 0) is 58.5 Å². The molecule has 26 heavy (non-hydrogen) atoms. The lowest BCUT2D eigenvalue weighted by Crippen LogP contribution is -2.59. The average Bonchev–Trinajstić information content (AvgIpc) is 3.33. The Morgan fingerprint density at radius 1 is 1.08 bits per heavy atom. The van der Waals surface area contributed by atoms with Crippen molar-refractivity contribution in [1.82, 2.24) is 15.1 Å². The van der Waals surface area contributed by atoms with Crippen LogP contribution in [0.25, 0.3) is 0 Å². The van der Waals surface area contributed by atoms with Crippen LogP contribution in [-0.2, 0) is 14.3 Å². The molecule has 1 aliphatic carbocycles. The van der Waals surface area contributed by atoms with Crippen molar-refractivity contribution in [3.05, 3.63) is 0 Å². The van der Waals surface area contributed by atoms with Gasteiger partial charge in [-0.2, -0.15) is 0 Å². The Kier molecular flexibility index (Phi) is 6.56. The van der Waals surface area contributed by atoms with Crippen molar-refractivity contribution in [2.75, 3.05) is 39.9 Å². The molecule has 0 aromatic heterocycles. The Hall–Kier alpha value is -1.14. The van der Waals surface area contributed by atoms with Crippen molar-refractivity contribution >= 4 is 11.8 Å². The molecule has 0 bridgehead atoms. The number of hydrogen-bond donors (Lipinski definition) is 1. The molecule has 2 heterocycles. The average molecular weight is 366 g/mol. The first-order valence-electron chi connectivity index (χ1n) is 10.4. The monoisotopic (exact) mass is 365 g/mol. The van der Waals surface area contributed by atoms with Gasteiger partial charge in [0, 0.05) is 32.2 Å². The van der Waals surface area contributed by atoms with E-state index in [2.05, 4.69) is 10.2 Å². The Morgan fingerprint density at radius 2 is 1.69 bits per heavy atom. The first-order valence-corrected chi connectivity index (χ1v) is 10.4. The van der Waals surface area contributed by atoms with Crippen molar-refractivity contribution in [3.8, 4) is 0 Å². The summed E-state index contributed by atoms with van der Waals surface area (Å²) in [4.78, 5) is 30.3. The minimum atomic E-state index is -0.238. The highest BCUT2D eigenvalue weighted by molar-refractivity contribution is 5.87. The number of piperidine rings is 1. The standard InChI is InChI=1S/C20H35N3O3/c1-16(15-26-2)21-18(24)17-7-13-22(14-8-17)19(25)20(9-3-4-10-20)23-11-5-6-12-23/h16-17H,3-15H2,1-2H3,(H,21,24). The lowest BCUT2D eigenvalue weighted by molar-refractivity contribution is -0.146. The molecule has 0 radical (unpaired) electrons. The van der Waals surface area contributed by atoms with Gasteiger partial charge >= 0.3 is 0 Å². The Morgan fingerprint density at radius 3 is 2.27 bits per heavy atom. The van der Waals surface area contributed by atoms with Crippen LogP contribution in [0.2, 0.25) is 0 Å². The highest BCUT2D eigenvalue weighted by atomic mass is 16.5. The van der Waals surface area contributed by atoms with Crippen LogP contribution < -0.4 is 5.32 Å². The molecule has 3 fully saturated rings. The summed E-state index contributed by atoms with van der Waals surface area (Å²) in [5.74, 6) is 0.463. The quantitative estimate of drug-likeness (QED) is 0.779. The van der Waals surface area contributed by atoms with E-state index in [1.165, 1.54) is 25.7 Å². The van der Waals surface area contributed by atoms with Crippen LogP contribution in [0.15, 0.2) is 0 Å². The Balaban J connectivity index is 1.55. The van der Waals surface area contributed by atoms with Crippen molar-refractivity contribution in [1.29, 1.82) is 0 Å². The molecule has 6 heteroatoms. The van der Waals surface area contributed by atoms with Gasteiger partial charge in [-0.25, -0.2) is 0 Å². The number of rotatable bonds is 6. The summed E-state index contributed by atoms with van der Waals surface area (Å²) in [6.45, 7) is 6.06. The third kappa shape index (κ3) is 4.06. The molecule has 0 spiro atoms. The van der Waals surface area contributed by atoms with Crippen LogP contribution in [-0.4, -0.2) is 73.1 Å². The Labute approximate surface area is 157 Å². The van der Waals surface area contributed by atoms with E-state index in [1.807, 2.05) is 11.8 Å². The van der Waals surface area contributed by atoms with Crippen LogP contribution in [0, 0.1) is 5.92 Å². The molecule has 1 unspecified atom stereocenters. The second kappa shape index (κ2) is 8.70. The molecule has 1 saturated carbocycles. The van der Waals surface area contributed by atoms with Crippen LogP contribution >= 0.6 is 0 Å². The van der Waals surface area contributed by atoms with E-state index in [9.17, 15) is 9.59 Å². The molecule has 2 amide bonds. The maximum absolute atomic E-state index is 13.4. The van der Waals surface area contributed by atoms with Gasteiger partial charge in [0.2, 0.25) is 11.8 Å². The molecular weight excluding hydrogens is 330 g/mol. The van der Waals surface area contributed by atoms with Gasteiger partial charge < -0.3 is 15.0 Å². The van der Waals surface area contributed by atoms with E-state index in [-0.39, 0.29) is 23.4 Å². The molecular formula is C20H35N3O3. The fourth-order valence-electron chi connectivity index (χ4n) is 5.06. The molecule has 3 aliphatic rings. The van der Waals surface area contributed by atoms with Crippen molar-refractivity contribution < 1.29 is 14.3 Å². The maximum Gasteiger partial charge on any atom is 0.243 e. The summed E-state index contributed by atoms with van der Waals surface area (Å²) in [7, 11) is 1.64. The smallest absolute Gasteiger partial charge is 0.243 e. The van der Waals surface area contributed by atoms with Crippen LogP contribution in [0.4, 0.5) is 0 Å². The zero-order valence-corrected chi connectivity index (χ0v) is 16.5. The van der Waals surface area contributed by atoms with Gasteiger partial charge in [0.25, 0.3) is 0 Å². The van der Waals surface area contributed by atoms with Crippen molar-refractivity contribution in [2.45, 2.75) is 69.9 Å². The maximum atomic E-state index is 13.4. The minimum Gasteiger partial charge on any atom is -0.383 e.